The molecule has 0 aromatic heterocycles. The topological polar surface area (TPSA) is 72.5 Å². The first-order chi connectivity index (χ1) is 10.6. The van der Waals surface area contributed by atoms with Crippen LogP contribution < -0.4 is 5.32 Å². The van der Waals surface area contributed by atoms with Crippen molar-refractivity contribution in [3.05, 3.63) is 35.9 Å². The number of amides is 1. The van der Waals surface area contributed by atoms with Crippen molar-refractivity contribution in [2.24, 2.45) is 5.92 Å². The Kier molecular flexibility index (Phi) is 5.69. The third-order valence-electron chi connectivity index (χ3n) is 3.98. The van der Waals surface area contributed by atoms with Crippen LogP contribution in [0.4, 0.5) is 0 Å². The first-order valence-corrected chi connectivity index (χ1v) is 7.54. The number of Topliss-reactive ketones (excluding diaryl/α,β-unsaturated/α-hetero) is 1. The molecule has 1 amide bonds. The molecule has 1 N–H and O–H groups in total. The third-order valence-corrected chi connectivity index (χ3v) is 3.98. The Bertz CT molecular complexity index is 541. The third kappa shape index (κ3) is 4.41. The monoisotopic (exact) mass is 303 g/mol. The molecule has 1 aromatic rings. The zero-order chi connectivity index (χ0) is 15.9. The molecule has 0 bridgehead atoms. The molecule has 0 saturated heterocycles. The normalized spacial score (nSPS) is 18.8. The second-order valence-corrected chi connectivity index (χ2v) is 5.60. The van der Waals surface area contributed by atoms with Crippen molar-refractivity contribution < 1.29 is 19.1 Å². The van der Waals surface area contributed by atoms with Crippen molar-refractivity contribution in [3.8, 4) is 0 Å². The van der Waals surface area contributed by atoms with E-state index in [0.717, 1.165) is 18.4 Å². The molecule has 0 radical (unpaired) electrons. The summed E-state index contributed by atoms with van der Waals surface area (Å²) >= 11 is 0. The summed E-state index contributed by atoms with van der Waals surface area (Å²) < 4.78 is 4.74. The van der Waals surface area contributed by atoms with Gasteiger partial charge in [0.15, 0.2) is 0 Å². The maximum Gasteiger partial charge on any atom is 0.328 e. The number of carbonyl (C=O) groups excluding carboxylic acids is 3. The molecule has 22 heavy (non-hydrogen) atoms. The van der Waals surface area contributed by atoms with Gasteiger partial charge in [0, 0.05) is 12.3 Å². The molecule has 0 aliphatic heterocycles. The highest BCUT2D eigenvalue weighted by atomic mass is 16.5. The van der Waals surface area contributed by atoms with Gasteiger partial charge >= 0.3 is 5.97 Å². The zero-order valence-electron chi connectivity index (χ0n) is 12.7. The number of esters is 1. The van der Waals surface area contributed by atoms with Gasteiger partial charge in [0.2, 0.25) is 5.91 Å². The highest BCUT2D eigenvalue weighted by Crippen LogP contribution is 2.25. The summed E-state index contributed by atoms with van der Waals surface area (Å²) in [6, 6.07) is 8.55. The van der Waals surface area contributed by atoms with Crippen molar-refractivity contribution in [1.29, 1.82) is 0 Å². The Morgan fingerprint density at radius 3 is 2.64 bits per heavy atom. The molecule has 1 fully saturated rings. The molecule has 5 heteroatoms. The second kappa shape index (κ2) is 7.73. The summed E-state index contributed by atoms with van der Waals surface area (Å²) in [5, 5.41) is 2.70. The van der Waals surface area contributed by atoms with Crippen LogP contribution in [0.3, 0.4) is 0 Å². The first kappa shape index (κ1) is 16.2. The molecule has 5 nitrogen and oxygen atoms in total. The summed E-state index contributed by atoms with van der Waals surface area (Å²) in [4.78, 5) is 35.7. The Balaban J connectivity index is 1.95. The molecule has 1 aliphatic carbocycles. The maximum absolute atomic E-state index is 12.1. The quantitative estimate of drug-likeness (QED) is 0.811. The van der Waals surface area contributed by atoms with Crippen LogP contribution in [0.2, 0.25) is 0 Å². The lowest BCUT2D eigenvalue weighted by atomic mass is 9.97. The number of ether oxygens (including phenoxy) is 1. The summed E-state index contributed by atoms with van der Waals surface area (Å²) in [6.07, 6.45) is 2.73. The summed E-state index contributed by atoms with van der Waals surface area (Å²) in [5.41, 5.74) is 0.876. The van der Waals surface area contributed by atoms with E-state index in [1.807, 2.05) is 30.3 Å². The van der Waals surface area contributed by atoms with Crippen LogP contribution in [0.5, 0.6) is 0 Å². The van der Waals surface area contributed by atoms with Crippen molar-refractivity contribution in [2.45, 2.75) is 38.1 Å². The molecule has 1 saturated carbocycles. The predicted octanol–water partition coefficient (Wildman–Crippen LogP) is 1.65. The number of benzene rings is 1. The molecule has 0 heterocycles. The summed E-state index contributed by atoms with van der Waals surface area (Å²) in [6.45, 7) is 0. The van der Waals surface area contributed by atoms with E-state index in [0.29, 0.717) is 12.8 Å². The summed E-state index contributed by atoms with van der Waals surface area (Å²) in [7, 11) is 1.29. The molecule has 2 rings (SSSR count). The number of nitrogens with one attached hydrogen (secondary N) is 1. The largest absolute Gasteiger partial charge is 0.467 e. The van der Waals surface area contributed by atoms with E-state index in [2.05, 4.69) is 5.32 Å². The molecule has 2 unspecified atom stereocenters. The molecule has 118 valence electrons. The first-order valence-electron chi connectivity index (χ1n) is 7.54. The minimum Gasteiger partial charge on any atom is -0.467 e. The van der Waals surface area contributed by atoms with Gasteiger partial charge in [0.05, 0.1) is 13.5 Å². The van der Waals surface area contributed by atoms with Crippen molar-refractivity contribution in [2.75, 3.05) is 7.11 Å². The van der Waals surface area contributed by atoms with Crippen LogP contribution in [-0.4, -0.2) is 30.8 Å². The lowest BCUT2D eigenvalue weighted by Gasteiger charge is -2.19. The Morgan fingerprint density at radius 1 is 1.32 bits per heavy atom. The van der Waals surface area contributed by atoms with E-state index in [-0.39, 0.29) is 24.0 Å². The van der Waals surface area contributed by atoms with Gasteiger partial charge in [-0.15, -0.1) is 0 Å². The number of rotatable bonds is 6. The lowest BCUT2D eigenvalue weighted by Crippen LogP contribution is -2.43. The Hall–Kier alpha value is -2.17. The van der Waals surface area contributed by atoms with Gasteiger partial charge < -0.3 is 10.1 Å². The van der Waals surface area contributed by atoms with E-state index in [1.54, 1.807) is 0 Å². The molecule has 0 spiro atoms. The van der Waals surface area contributed by atoms with Crippen molar-refractivity contribution >= 4 is 17.7 Å². The van der Waals surface area contributed by atoms with Gasteiger partial charge in [-0.25, -0.2) is 4.79 Å². The van der Waals surface area contributed by atoms with Crippen LogP contribution in [0, 0.1) is 5.92 Å². The number of carbonyl (C=O) groups is 3. The van der Waals surface area contributed by atoms with E-state index >= 15 is 0 Å². The molecular formula is C17H21NO4. The van der Waals surface area contributed by atoms with E-state index in [4.69, 9.17) is 4.74 Å². The minimum atomic E-state index is -0.756. The van der Waals surface area contributed by atoms with Gasteiger partial charge in [-0.05, 0) is 24.8 Å². The van der Waals surface area contributed by atoms with Gasteiger partial charge in [-0.2, -0.15) is 0 Å². The molecule has 1 aromatic carbocycles. The van der Waals surface area contributed by atoms with Crippen LogP contribution in [-0.2, 0) is 25.5 Å². The Labute approximate surface area is 130 Å². The molecular weight excluding hydrogens is 282 g/mol. The lowest BCUT2D eigenvalue weighted by molar-refractivity contribution is -0.145. The van der Waals surface area contributed by atoms with Gasteiger partial charge in [0.1, 0.15) is 11.8 Å². The highest BCUT2D eigenvalue weighted by Gasteiger charge is 2.31. The van der Waals surface area contributed by atoms with Crippen molar-refractivity contribution in [1.82, 2.24) is 5.32 Å². The number of hydrogen-bond donors (Lipinski definition) is 1. The fraction of sp³-hybridized carbons (Fsp3) is 0.471. The van der Waals surface area contributed by atoms with Crippen LogP contribution in [0.1, 0.15) is 31.2 Å². The van der Waals surface area contributed by atoms with Crippen molar-refractivity contribution in [3.63, 3.8) is 0 Å². The van der Waals surface area contributed by atoms with Gasteiger partial charge in [-0.1, -0.05) is 30.3 Å². The van der Waals surface area contributed by atoms with E-state index in [9.17, 15) is 14.4 Å². The minimum absolute atomic E-state index is 0.152. The van der Waals surface area contributed by atoms with Crippen LogP contribution in [0.15, 0.2) is 30.3 Å². The fourth-order valence-corrected chi connectivity index (χ4v) is 2.80. The van der Waals surface area contributed by atoms with Gasteiger partial charge in [-0.3, -0.25) is 9.59 Å². The zero-order valence-corrected chi connectivity index (χ0v) is 12.7. The van der Waals surface area contributed by atoms with Crippen LogP contribution in [0.25, 0.3) is 0 Å². The van der Waals surface area contributed by atoms with E-state index in [1.165, 1.54) is 7.11 Å². The Morgan fingerprint density at radius 2 is 2.05 bits per heavy atom. The fourth-order valence-electron chi connectivity index (χ4n) is 2.80. The SMILES string of the molecule is COC(=O)C(CC1CCCC1=O)NC(=O)Cc1ccccc1. The summed E-state index contributed by atoms with van der Waals surface area (Å²) in [5.74, 6) is -0.722. The second-order valence-electron chi connectivity index (χ2n) is 5.60. The van der Waals surface area contributed by atoms with Gasteiger partial charge in [0.25, 0.3) is 0 Å². The average molecular weight is 303 g/mol. The maximum atomic E-state index is 12.1. The standard InChI is InChI=1S/C17H21NO4/c1-22-17(21)14(11-13-8-5-9-15(13)19)18-16(20)10-12-6-3-2-4-7-12/h2-4,6-7,13-14H,5,8-11H2,1H3,(H,18,20). The number of ketones is 1. The van der Waals surface area contributed by atoms with Crippen LogP contribution >= 0.6 is 0 Å². The number of methoxy groups -OCH3 is 1. The smallest absolute Gasteiger partial charge is 0.328 e. The highest BCUT2D eigenvalue weighted by molar-refractivity contribution is 5.87. The van der Waals surface area contributed by atoms with E-state index < -0.39 is 12.0 Å². The molecule has 2 atom stereocenters. The average Bonchev–Trinajstić information content (AvgIpc) is 2.92. The number of hydrogen-bond acceptors (Lipinski definition) is 4. The molecule has 1 aliphatic rings. The predicted molar refractivity (Wildman–Crippen MR) is 81.1 cm³/mol.